The molecule has 1 aliphatic rings. The molecule has 26 heavy (non-hydrogen) atoms. The van der Waals surface area contributed by atoms with E-state index in [1.807, 2.05) is 17.4 Å². The van der Waals surface area contributed by atoms with Gasteiger partial charge in [-0.2, -0.15) is 0 Å². The van der Waals surface area contributed by atoms with E-state index in [4.69, 9.17) is 9.72 Å². The van der Waals surface area contributed by atoms with E-state index in [-0.39, 0.29) is 0 Å². The first-order valence-corrected chi connectivity index (χ1v) is 10.6. The van der Waals surface area contributed by atoms with Gasteiger partial charge in [0.1, 0.15) is 0 Å². The highest BCUT2D eigenvalue weighted by Crippen LogP contribution is 2.47. The Kier molecular flexibility index (Phi) is 9.07. The van der Waals surface area contributed by atoms with Crippen molar-refractivity contribution in [2.45, 2.75) is 64.4 Å². The number of rotatable bonds is 12. The van der Waals surface area contributed by atoms with E-state index in [0.29, 0.717) is 6.10 Å². The van der Waals surface area contributed by atoms with Gasteiger partial charge in [0.05, 0.1) is 16.8 Å². The van der Waals surface area contributed by atoms with E-state index in [1.54, 1.807) is 7.11 Å². The molecule has 0 bridgehead atoms. The minimum atomic E-state index is 0.291. The van der Waals surface area contributed by atoms with E-state index in [1.165, 1.54) is 17.0 Å². The highest BCUT2D eigenvalue weighted by molar-refractivity contribution is 7.09. The molecule has 1 aromatic rings. The molecule has 3 heteroatoms. The largest absolute Gasteiger partial charge is 0.381 e. The highest BCUT2D eigenvalue weighted by Gasteiger charge is 2.36. The molecule has 3 atom stereocenters. The maximum atomic E-state index is 5.44. The number of hydrogen-bond donors (Lipinski definition) is 0. The van der Waals surface area contributed by atoms with Crippen LogP contribution in [0.3, 0.4) is 0 Å². The number of ether oxygens (including phenoxy) is 1. The van der Waals surface area contributed by atoms with Crippen molar-refractivity contribution in [3.05, 3.63) is 58.6 Å². The molecular weight excluding hydrogens is 338 g/mol. The fraction of sp³-hybridized carbons (Fsp3) is 0.522. The molecule has 0 N–H and O–H groups in total. The highest BCUT2D eigenvalue weighted by atomic mass is 32.1. The summed E-state index contributed by atoms with van der Waals surface area (Å²) >= 11 is 1.81. The number of methoxy groups -OCH3 is 1. The molecule has 1 fully saturated rings. The zero-order valence-corrected chi connectivity index (χ0v) is 17.3. The maximum Gasteiger partial charge on any atom is 0.0966 e. The van der Waals surface area contributed by atoms with Crippen LogP contribution in [0.15, 0.2) is 47.9 Å². The summed E-state index contributed by atoms with van der Waals surface area (Å²) in [7, 11) is 1.78. The average Bonchev–Trinajstić information content (AvgIpc) is 3.18. The van der Waals surface area contributed by atoms with E-state index < -0.39 is 0 Å². The molecule has 1 unspecified atom stereocenters. The summed E-state index contributed by atoms with van der Waals surface area (Å²) in [4.78, 5) is 4.72. The van der Waals surface area contributed by atoms with Gasteiger partial charge >= 0.3 is 0 Å². The SMILES string of the molecule is C=CCC(CCC(C)=CC=CCCC=Cc1csc([C@@H]2C[C@@H]2C)n1)OC. The van der Waals surface area contributed by atoms with Crippen LogP contribution in [-0.4, -0.2) is 18.2 Å². The number of aromatic nitrogens is 1. The molecule has 0 aliphatic heterocycles. The Morgan fingerprint density at radius 2 is 2.19 bits per heavy atom. The molecule has 1 aliphatic carbocycles. The molecule has 2 rings (SSSR count). The Morgan fingerprint density at radius 3 is 2.88 bits per heavy atom. The summed E-state index contributed by atoms with van der Waals surface area (Å²) < 4.78 is 5.44. The molecular formula is C23H33NOS. The zero-order valence-electron chi connectivity index (χ0n) is 16.5. The molecule has 2 nitrogen and oxygen atoms in total. The smallest absolute Gasteiger partial charge is 0.0966 e. The Balaban J connectivity index is 1.62. The lowest BCUT2D eigenvalue weighted by Gasteiger charge is -2.12. The second kappa shape index (κ2) is 11.3. The van der Waals surface area contributed by atoms with Crippen LogP contribution in [0.5, 0.6) is 0 Å². The molecule has 142 valence electrons. The lowest BCUT2D eigenvalue weighted by atomic mass is 10.1. The summed E-state index contributed by atoms with van der Waals surface area (Å²) in [6.07, 6.45) is 19.7. The van der Waals surface area contributed by atoms with Crippen LogP contribution in [0.4, 0.5) is 0 Å². The monoisotopic (exact) mass is 371 g/mol. The first kappa shape index (κ1) is 20.9. The second-order valence-corrected chi connectivity index (χ2v) is 8.16. The lowest BCUT2D eigenvalue weighted by Crippen LogP contribution is -2.08. The summed E-state index contributed by atoms with van der Waals surface area (Å²) in [5.41, 5.74) is 2.52. The minimum absolute atomic E-state index is 0.291. The van der Waals surface area contributed by atoms with Crippen LogP contribution in [0.2, 0.25) is 0 Å². The summed E-state index contributed by atoms with van der Waals surface area (Å²) in [5, 5.41) is 3.50. The minimum Gasteiger partial charge on any atom is -0.381 e. The zero-order chi connectivity index (χ0) is 18.8. The molecule has 1 aromatic heterocycles. The van der Waals surface area contributed by atoms with Crippen molar-refractivity contribution in [2.75, 3.05) is 7.11 Å². The molecule has 1 heterocycles. The summed E-state index contributed by atoms with van der Waals surface area (Å²) in [6.45, 7) is 8.27. The van der Waals surface area contributed by atoms with Gasteiger partial charge in [0, 0.05) is 18.4 Å². The Labute approximate surface area is 163 Å². The van der Waals surface area contributed by atoms with Gasteiger partial charge in [-0.3, -0.25) is 0 Å². The average molecular weight is 372 g/mol. The van der Waals surface area contributed by atoms with Crippen LogP contribution < -0.4 is 0 Å². The fourth-order valence-electron chi connectivity index (χ4n) is 2.93. The maximum absolute atomic E-state index is 5.44. The van der Waals surface area contributed by atoms with Gasteiger partial charge in [-0.25, -0.2) is 4.98 Å². The van der Waals surface area contributed by atoms with Crippen LogP contribution in [-0.2, 0) is 4.74 Å². The predicted molar refractivity (Wildman–Crippen MR) is 115 cm³/mol. The lowest BCUT2D eigenvalue weighted by molar-refractivity contribution is 0.0981. The first-order chi connectivity index (χ1) is 12.6. The van der Waals surface area contributed by atoms with Gasteiger partial charge in [-0.05, 0) is 57.4 Å². The van der Waals surface area contributed by atoms with E-state index >= 15 is 0 Å². The van der Waals surface area contributed by atoms with Gasteiger partial charge in [-0.1, -0.05) is 42.9 Å². The topological polar surface area (TPSA) is 22.1 Å². The third-order valence-electron chi connectivity index (χ3n) is 4.90. The predicted octanol–water partition coefficient (Wildman–Crippen LogP) is 6.93. The van der Waals surface area contributed by atoms with Crippen molar-refractivity contribution in [1.82, 2.24) is 4.98 Å². The molecule has 0 amide bonds. The Morgan fingerprint density at radius 1 is 1.42 bits per heavy atom. The molecule has 0 saturated heterocycles. The third-order valence-corrected chi connectivity index (χ3v) is 5.89. The van der Waals surface area contributed by atoms with Crippen LogP contribution >= 0.6 is 11.3 Å². The van der Waals surface area contributed by atoms with Crippen molar-refractivity contribution in [2.24, 2.45) is 5.92 Å². The van der Waals surface area contributed by atoms with Crippen molar-refractivity contribution >= 4 is 17.4 Å². The van der Waals surface area contributed by atoms with Crippen molar-refractivity contribution in [3.8, 4) is 0 Å². The van der Waals surface area contributed by atoms with Crippen molar-refractivity contribution in [1.29, 1.82) is 0 Å². The van der Waals surface area contributed by atoms with Crippen molar-refractivity contribution < 1.29 is 4.74 Å². The van der Waals surface area contributed by atoms with Gasteiger partial charge < -0.3 is 4.74 Å². The third kappa shape index (κ3) is 7.43. The number of thiazole rings is 1. The van der Waals surface area contributed by atoms with Crippen LogP contribution in [0.1, 0.15) is 69.0 Å². The first-order valence-electron chi connectivity index (χ1n) is 9.72. The number of hydrogen-bond acceptors (Lipinski definition) is 3. The van der Waals surface area contributed by atoms with E-state index in [9.17, 15) is 0 Å². The number of nitrogens with zero attached hydrogens (tertiary/aromatic N) is 1. The van der Waals surface area contributed by atoms with Gasteiger partial charge in [0.2, 0.25) is 0 Å². The quantitative estimate of drug-likeness (QED) is 0.226. The van der Waals surface area contributed by atoms with E-state index in [2.05, 4.69) is 56.2 Å². The Bertz CT molecular complexity index is 640. The van der Waals surface area contributed by atoms with Gasteiger partial charge in [0.25, 0.3) is 0 Å². The molecule has 0 aromatic carbocycles. The van der Waals surface area contributed by atoms with E-state index in [0.717, 1.165) is 49.6 Å². The standard InChI is InChI=1S/C23H33NOS/c1-5-11-21(25-4)15-14-18(2)12-9-7-6-8-10-13-20-17-26-23(24-20)22-16-19(22)3/h5,7,9-10,12-13,17,19,21-22H,1,6,8,11,14-16H2,2-4H3/t19-,21?,22+/m0/s1. The number of allylic oxidation sites excluding steroid dienone is 5. The molecule has 0 spiro atoms. The van der Waals surface area contributed by atoms with Crippen LogP contribution in [0.25, 0.3) is 6.08 Å². The fourth-order valence-corrected chi connectivity index (χ4v) is 3.96. The normalized spacial score (nSPS) is 21.6. The summed E-state index contributed by atoms with van der Waals surface area (Å²) in [6, 6.07) is 0. The van der Waals surface area contributed by atoms with Gasteiger partial charge in [-0.15, -0.1) is 17.9 Å². The molecule has 0 radical (unpaired) electrons. The Hall–Kier alpha value is -1.45. The van der Waals surface area contributed by atoms with Gasteiger partial charge in [0.15, 0.2) is 0 Å². The van der Waals surface area contributed by atoms with Crippen LogP contribution in [0, 0.1) is 5.92 Å². The second-order valence-electron chi connectivity index (χ2n) is 7.27. The summed E-state index contributed by atoms with van der Waals surface area (Å²) in [5.74, 6) is 1.57. The number of unbranched alkanes of at least 4 members (excludes halogenated alkanes) is 1. The molecule has 1 saturated carbocycles. The van der Waals surface area contributed by atoms with Crippen molar-refractivity contribution in [3.63, 3.8) is 0 Å².